The molecule has 0 fully saturated rings. The molecular weight excluding hydrogens is 1050 g/mol. The molecule has 0 aromatic heterocycles. The van der Waals surface area contributed by atoms with Gasteiger partial charge in [0, 0.05) is 49.4 Å². The molecule has 8 aromatic rings. The van der Waals surface area contributed by atoms with Crippen LogP contribution in [0, 0.1) is 0 Å². The number of aliphatic hydroxyl groups excluding tert-OH is 1. The van der Waals surface area contributed by atoms with E-state index in [0.717, 1.165) is 60.2 Å². The van der Waals surface area contributed by atoms with Gasteiger partial charge in [0.25, 0.3) is 0 Å². The monoisotopic (exact) mass is 1090 g/mol. The molecule has 329 valence electrons. The molecule has 0 spiro atoms. The summed E-state index contributed by atoms with van der Waals surface area (Å²) in [5.41, 5.74) is 10.6. The maximum atomic E-state index is 10.8. The van der Waals surface area contributed by atoms with Crippen LogP contribution in [0.1, 0.15) is 33.3 Å². The zero-order valence-corrected chi connectivity index (χ0v) is 43.8. The molecule has 3 radical (unpaired) electrons. The number of aldehydes is 2. The van der Waals surface area contributed by atoms with E-state index in [0.29, 0.717) is 26.6 Å². The van der Waals surface area contributed by atoms with Crippen LogP contribution in [0.4, 0.5) is 0 Å². The third kappa shape index (κ3) is 19.4. The summed E-state index contributed by atoms with van der Waals surface area (Å²) in [5.74, 6) is 0. The summed E-state index contributed by atoms with van der Waals surface area (Å²) in [7, 11) is -1.41. The molecule has 0 aliphatic carbocycles. The Morgan fingerprint density at radius 3 is 1.18 bits per heavy atom. The first-order valence-electron chi connectivity index (χ1n) is 19.4. The third-order valence-electron chi connectivity index (χ3n) is 9.10. The topological polar surface area (TPSA) is 94.8 Å². The van der Waals surface area contributed by atoms with Gasteiger partial charge in [-0.1, -0.05) is 218 Å². The van der Waals surface area contributed by atoms with Crippen molar-refractivity contribution in [3.63, 3.8) is 0 Å². The van der Waals surface area contributed by atoms with Crippen LogP contribution in [-0.2, 0) is 11.9 Å². The predicted octanol–water partition coefficient (Wildman–Crippen LogP) is 11.2. The van der Waals surface area contributed by atoms with Crippen LogP contribution >= 0.6 is 78.3 Å². The Morgan fingerprint density at radius 2 is 0.803 bits per heavy atom. The summed E-state index contributed by atoms with van der Waals surface area (Å²) in [6.07, 6.45) is 1.69. The summed E-state index contributed by atoms with van der Waals surface area (Å²) in [5, 5.41) is 30.1. The van der Waals surface area contributed by atoms with E-state index in [-0.39, 0.29) is 46.0 Å². The fraction of sp³-hybridized carbons (Fsp3) is 0.0385. The minimum absolute atomic E-state index is 0. The molecule has 14 heteroatoms. The van der Waals surface area contributed by atoms with Crippen LogP contribution in [-0.4, -0.2) is 43.3 Å². The van der Waals surface area contributed by atoms with E-state index < -0.39 is 7.12 Å². The molecule has 5 nitrogen and oxygen atoms in total. The van der Waals surface area contributed by atoms with Gasteiger partial charge in [-0.05, 0) is 105 Å². The van der Waals surface area contributed by atoms with Crippen LogP contribution in [0.3, 0.4) is 0 Å². The summed E-state index contributed by atoms with van der Waals surface area (Å²) in [6, 6.07) is 60.3. The Kier molecular flexibility index (Phi) is 28.4. The van der Waals surface area contributed by atoms with Crippen LogP contribution < -0.4 is 35.0 Å². The first-order chi connectivity index (χ1) is 31.0. The van der Waals surface area contributed by atoms with E-state index >= 15 is 0 Å². The number of hydrogen-bond donors (Lipinski definition) is 3. The molecule has 8 aromatic carbocycles. The van der Waals surface area contributed by atoms with Crippen molar-refractivity contribution in [2.45, 2.75) is 11.9 Å². The van der Waals surface area contributed by atoms with Crippen LogP contribution in [0.15, 0.2) is 199 Å². The standard InChI is InChI=1S/C13H10BrCl.C13H11ClO.C13H9ClO.C7H5BrO.C6H6BClO2.B.Na.H/c14-9-11-3-1-2-4-13(11)10-5-7-12(15)8-6-10;2*14-12-7-5-10(6-8-12)13-4-2-1-3-11(13)9-15;8-7-4-2-1-3-6(7)5-9;8-6-3-1-5(2-4-6)7(9)10;;;/h1-8H,9H2;1-8,15H,9H2;1-9H;1-5H;1-4,9-10H;;;/q;;;;;;+1;-1. The van der Waals surface area contributed by atoms with Crippen LogP contribution in [0.25, 0.3) is 33.4 Å². The summed E-state index contributed by atoms with van der Waals surface area (Å²) in [6.45, 7) is 0.0544. The summed E-state index contributed by atoms with van der Waals surface area (Å²) in [4.78, 5) is 21.0. The Labute approximate surface area is 449 Å². The zero-order chi connectivity index (χ0) is 46.3. The predicted molar refractivity (Wildman–Crippen MR) is 282 cm³/mol. The second-order valence-electron chi connectivity index (χ2n) is 13.4. The van der Waals surface area contributed by atoms with Gasteiger partial charge >= 0.3 is 36.7 Å². The number of hydrogen-bond acceptors (Lipinski definition) is 5. The van der Waals surface area contributed by atoms with E-state index in [1.807, 2.05) is 133 Å². The molecule has 0 aliphatic heterocycles. The van der Waals surface area contributed by atoms with Gasteiger partial charge in [-0.25, -0.2) is 0 Å². The van der Waals surface area contributed by atoms with Crippen molar-refractivity contribution in [3.8, 4) is 33.4 Å². The first kappa shape index (κ1) is 58.4. The number of benzene rings is 8. The van der Waals surface area contributed by atoms with Gasteiger partial charge < -0.3 is 16.6 Å². The Hall–Kier alpha value is -3.77. The van der Waals surface area contributed by atoms with E-state index in [2.05, 4.69) is 56.1 Å². The Bertz CT molecular complexity index is 2580. The van der Waals surface area contributed by atoms with E-state index in [1.54, 1.807) is 36.4 Å². The molecule has 0 saturated heterocycles. The van der Waals surface area contributed by atoms with Gasteiger partial charge in [-0.2, -0.15) is 0 Å². The molecule has 0 heterocycles. The number of aliphatic hydroxyl groups is 1. The molecule has 0 saturated carbocycles. The minimum atomic E-state index is -1.41. The maximum absolute atomic E-state index is 10.8. The molecule has 0 bridgehead atoms. The minimum Gasteiger partial charge on any atom is -1.00 e. The average molecular weight is 1090 g/mol. The van der Waals surface area contributed by atoms with Crippen LogP contribution in [0.5, 0.6) is 0 Å². The molecular formula is C52H42B2Br2Cl4NaO5. The van der Waals surface area contributed by atoms with Crippen molar-refractivity contribution >= 4 is 112 Å². The van der Waals surface area contributed by atoms with E-state index in [1.165, 1.54) is 16.7 Å². The molecule has 66 heavy (non-hydrogen) atoms. The van der Waals surface area contributed by atoms with Gasteiger partial charge in [0.2, 0.25) is 0 Å². The second-order valence-corrected chi connectivity index (χ2v) is 16.6. The zero-order valence-electron chi connectivity index (χ0n) is 36.6. The quantitative estimate of drug-likeness (QED) is 0.0801. The normalized spacial score (nSPS) is 9.59. The van der Waals surface area contributed by atoms with Crippen molar-refractivity contribution in [2.24, 2.45) is 0 Å². The average Bonchev–Trinajstić information content (AvgIpc) is 3.33. The van der Waals surface area contributed by atoms with Gasteiger partial charge in [0.05, 0.1) is 6.61 Å². The van der Waals surface area contributed by atoms with E-state index in [4.69, 9.17) is 56.5 Å². The van der Waals surface area contributed by atoms with Crippen molar-refractivity contribution in [3.05, 3.63) is 241 Å². The van der Waals surface area contributed by atoms with Crippen LogP contribution in [0.2, 0.25) is 20.1 Å². The molecule has 0 unspecified atom stereocenters. The van der Waals surface area contributed by atoms with Gasteiger partial charge in [-0.3, -0.25) is 9.59 Å². The molecule has 0 amide bonds. The largest absolute Gasteiger partial charge is 1.00 e. The molecule has 3 N–H and O–H groups in total. The number of alkyl halides is 1. The summed E-state index contributed by atoms with van der Waals surface area (Å²) < 4.78 is 0.847. The van der Waals surface area contributed by atoms with Crippen molar-refractivity contribution in [1.82, 2.24) is 0 Å². The van der Waals surface area contributed by atoms with Gasteiger partial charge in [0.15, 0.2) is 12.6 Å². The van der Waals surface area contributed by atoms with Crippen molar-refractivity contribution < 1.29 is 55.7 Å². The van der Waals surface area contributed by atoms with Gasteiger partial charge in [-0.15, -0.1) is 0 Å². The number of carbonyl (C=O) groups is 2. The fourth-order valence-electron chi connectivity index (χ4n) is 5.81. The Morgan fingerprint density at radius 1 is 0.470 bits per heavy atom. The Balaban J connectivity index is 0.000000420. The second kappa shape index (κ2) is 32.1. The number of carbonyl (C=O) groups excluding carboxylic acids is 2. The number of halogens is 6. The van der Waals surface area contributed by atoms with Crippen molar-refractivity contribution in [1.29, 1.82) is 0 Å². The summed E-state index contributed by atoms with van der Waals surface area (Å²) >= 11 is 29.8. The third-order valence-corrected chi connectivity index (χ3v) is 11.4. The molecule has 8 rings (SSSR count). The SMILES string of the molecule is Clc1ccc(-c2ccccc2CBr)cc1.O=Cc1ccccc1-c1ccc(Cl)cc1.O=Cc1ccccc1Br.OB(O)c1ccc(Cl)cc1.OCc1ccccc1-c1ccc(Cl)cc1.[B].[H-].[Na+]. The van der Waals surface area contributed by atoms with Crippen molar-refractivity contribution in [2.75, 3.05) is 0 Å². The molecule has 0 aliphatic rings. The van der Waals surface area contributed by atoms with Gasteiger partial charge in [0.1, 0.15) is 0 Å². The fourth-order valence-corrected chi connectivity index (χ4v) is 7.19. The first-order valence-corrected chi connectivity index (χ1v) is 22.9. The maximum Gasteiger partial charge on any atom is 1.00 e. The smallest absolute Gasteiger partial charge is 1.00 e. The molecule has 0 atom stereocenters. The number of rotatable bonds is 8. The van der Waals surface area contributed by atoms with E-state index in [9.17, 15) is 14.7 Å².